The van der Waals surface area contributed by atoms with Crippen LogP contribution in [0.2, 0.25) is 0 Å². The lowest BCUT2D eigenvalue weighted by atomic mass is 9.72. The fraction of sp³-hybridized carbons (Fsp3) is 0.250. The molecule has 118 valence electrons. The van der Waals surface area contributed by atoms with Gasteiger partial charge >= 0.3 is 5.63 Å². The predicted octanol–water partition coefficient (Wildman–Crippen LogP) is 4.68. The Morgan fingerprint density at radius 1 is 0.957 bits per heavy atom. The fourth-order valence-electron chi connectivity index (χ4n) is 3.15. The summed E-state index contributed by atoms with van der Waals surface area (Å²) in [4.78, 5) is 12.6. The summed E-state index contributed by atoms with van der Waals surface area (Å²) in [6.07, 6.45) is 0. The van der Waals surface area contributed by atoms with Gasteiger partial charge in [-0.1, -0.05) is 63.2 Å². The number of hydrogen-bond donors (Lipinski definition) is 1. The molecule has 1 heterocycles. The number of benzene rings is 2. The van der Waals surface area contributed by atoms with Crippen LogP contribution in [0.15, 0.2) is 63.8 Å². The average Bonchev–Trinajstić information content (AvgIpc) is 2.51. The van der Waals surface area contributed by atoms with E-state index in [1.165, 1.54) is 0 Å². The van der Waals surface area contributed by atoms with E-state index < -0.39 is 5.63 Å². The highest BCUT2D eigenvalue weighted by molar-refractivity contribution is 5.84. The molecule has 0 spiro atoms. The molecular formula is C20H20O3. The number of aromatic hydroxyl groups is 1. The highest BCUT2D eigenvalue weighted by Crippen LogP contribution is 2.43. The summed E-state index contributed by atoms with van der Waals surface area (Å²) in [5.41, 5.74) is 0.973. The van der Waals surface area contributed by atoms with Crippen molar-refractivity contribution in [3.05, 3.63) is 76.1 Å². The molecule has 3 rings (SSSR count). The van der Waals surface area contributed by atoms with E-state index in [0.29, 0.717) is 16.5 Å². The van der Waals surface area contributed by atoms with Gasteiger partial charge in [-0.3, -0.25) is 0 Å². The summed E-state index contributed by atoms with van der Waals surface area (Å²) in [5.74, 6) is -0.245. The van der Waals surface area contributed by atoms with Crippen molar-refractivity contribution in [1.29, 1.82) is 0 Å². The molecule has 0 saturated carbocycles. The maximum absolute atomic E-state index is 12.6. The molecule has 3 aromatic rings. The van der Waals surface area contributed by atoms with Crippen LogP contribution in [0, 0.1) is 5.41 Å². The number of fused-ring (bicyclic) bond motifs is 1. The molecule has 3 nitrogen and oxygen atoms in total. The minimum absolute atomic E-state index is 0.0145. The fourth-order valence-corrected chi connectivity index (χ4v) is 3.15. The van der Waals surface area contributed by atoms with Crippen molar-refractivity contribution in [2.45, 2.75) is 26.7 Å². The van der Waals surface area contributed by atoms with Gasteiger partial charge in [-0.25, -0.2) is 4.79 Å². The second-order valence-electron chi connectivity index (χ2n) is 6.86. The third kappa shape index (κ3) is 2.74. The van der Waals surface area contributed by atoms with E-state index in [0.717, 1.165) is 5.56 Å². The molecule has 0 bridgehead atoms. The minimum Gasteiger partial charge on any atom is -0.507 e. The van der Waals surface area contributed by atoms with Crippen LogP contribution in [-0.2, 0) is 0 Å². The Labute approximate surface area is 135 Å². The first kappa shape index (κ1) is 15.3. The summed E-state index contributed by atoms with van der Waals surface area (Å²) in [6, 6.07) is 16.8. The molecule has 0 amide bonds. The zero-order chi connectivity index (χ0) is 16.6. The van der Waals surface area contributed by atoms with E-state index in [1.807, 2.05) is 36.4 Å². The molecule has 0 aliphatic rings. The van der Waals surface area contributed by atoms with Crippen molar-refractivity contribution < 1.29 is 9.52 Å². The molecule has 23 heavy (non-hydrogen) atoms. The highest BCUT2D eigenvalue weighted by atomic mass is 16.4. The predicted molar refractivity (Wildman–Crippen MR) is 91.9 cm³/mol. The third-order valence-electron chi connectivity index (χ3n) is 4.11. The van der Waals surface area contributed by atoms with Crippen molar-refractivity contribution in [2.75, 3.05) is 0 Å². The molecule has 1 N–H and O–H groups in total. The molecule has 1 aromatic heterocycles. The average molecular weight is 308 g/mol. The van der Waals surface area contributed by atoms with E-state index in [1.54, 1.807) is 18.2 Å². The number of hydrogen-bond acceptors (Lipinski definition) is 3. The first-order chi connectivity index (χ1) is 10.9. The lowest BCUT2D eigenvalue weighted by Crippen LogP contribution is -2.25. The zero-order valence-electron chi connectivity index (χ0n) is 13.5. The molecule has 1 unspecified atom stereocenters. The first-order valence-electron chi connectivity index (χ1n) is 7.69. The van der Waals surface area contributed by atoms with Crippen LogP contribution in [0.4, 0.5) is 0 Å². The van der Waals surface area contributed by atoms with E-state index in [4.69, 9.17) is 4.42 Å². The minimum atomic E-state index is -0.482. The van der Waals surface area contributed by atoms with Gasteiger partial charge in [-0.15, -0.1) is 0 Å². The number of para-hydroxylation sites is 1. The Balaban J connectivity index is 2.34. The van der Waals surface area contributed by atoms with Crippen molar-refractivity contribution >= 4 is 11.0 Å². The lowest BCUT2D eigenvalue weighted by molar-refractivity contribution is 0.338. The Morgan fingerprint density at radius 3 is 2.22 bits per heavy atom. The second-order valence-corrected chi connectivity index (χ2v) is 6.86. The van der Waals surface area contributed by atoms with Gasteiger partial charge in [0.2, 0.25) is 0 Å². The Hall–Kier alpha value is -2.55. The topological polar surface area (TPSA) is 50.4 Å². The lowest BCUT2D eigenvalue weighted by Gasteiger charge is -2.31. The quantitative estimate of drug-likeness (QED) is 0.699. The SMILES string of the molecule is CC(C)(C)C(c1ccccc1)c1c(O)c2ccccc2oc1=O. The Kier molecular flexibility index (Phi) is 3.72. The standard InChI is InChI=1S/C20H20O3/c1-20(2,3)17(13-9-5-4-6-10-13)16-18(21)14-11-7-8-12-15(14)23-19(16)22/h4-12,17,21H,1-3H3. The zero-order valence-corrected chi connectivity index (χ0v) is 13.5. The molecule has 0 radical (unpaired) electrons. The molecule has 0 saturated heterocycles. The molecule has 0 fully saturated rings. The summed E-state index contributed by atoms with van der Waals surface area (Å²) < 4.78 is 5.46. The largest absolute Gasteiger partial charge is 0.507 e. The van der Waals surface area contributed by atoms with E-state index in [2.05, 4.69) is 20.8 Å². The van der Waals surface area contributed by atoms with Gasteiger partial charge in [-0.2, -0.15) is 0 Å². The number of rotatable bonds is 2. The van der Waals surface area contributed by atoms with E-state index in [-0.39, 0.29) is 17.1 Å². The van der Waals surface area contributed by atoms with Crippen LogP contribution in [0.5, 0.6) is 5.75 Å². The van der Waals surface area contributed by atoms with E-state index in [9.17, 15) is 9.90 Å². The van der Waals surface area contributed by atoms with Crippen LogP contribution in [0.25, 0.3) is 11.0 Å². The Morgan fingerprint density at radius 2 is 1.57 bits per heavy atom. The van der Waals surface area contributed by atoms with Gasteiger partial charge in [0.15, 0.2) is 0 Å². The molecule has 3 heteroatoms. The summed E-state index contributed by atoms with van der Waals surface area (Å²) in [6.45, 7) is 6.16. The molecule has 1 atom stereocenters. The maximum atomic E-state index is 12.6. The summed E-state index contributed by atoms with van der Waals surface area (Å²) in [5, 5.41) is 11.3. The van der Waals surface area contributed by atoms with Crippen molar-refractivity contribution in [3.8, 4) is 5.75 Å². The smallest absolute Gasteiger partial charge is 0.343 e. The molecule has 2 aromatic carbocycles. The maximum Gasteiger partial charge on any atom is 0.343 e. The van der Waals surface area contributed by atoms with Gasteiger partial charge in [0.1, 0.15) is 11.3 Å². The van der Waals surface area contributed by atoms with Crippen LogP contribution in [0.1, 0.15) is 37.8 Å². The molecule has 0 aliphatic heterocycles. The first-order valence-corrected chi connectivity index (χ1v) is 7.69. The molecule has 0 aliphatic carbocycles. The van der Waals surface area contributed by atoms with Crippen LogP contribution < -0.4 is 5.63 Å². The third-order valence-corrected chi connectivity index (χ3v) is 4.11. The van der Waals surface area contributed by atoms with Gasteiger partial charge in [0.05, 0.1) is 10.9 Å². The van der Waals surface area contributed by atoms with Crippen molar-refractivity contribution in [3.63, 3.8) is 0 Å². The summed E-state index contributed by atoms with van der Waals surface area (Å²) >= 11 is 0. The highest BCUT2D eigenvalue weighted by Gasteiger charge is 2.33. The summed E-state index contributed by atoms with van der Waals surface area (Å²) in [7, 11) is 0. The van der Waals surface area contributed by atoms with Gasteiger partial charge in [-0.05, 0) is 23.1 Å². The van der Waals surface area contributed by atoms with Gasteiger partial charge < -0.3 is 9.52 Å². The molecular weight excluding hydrogens is 288 g/mol. The second kappa shape index (κ2) is 5.58. The van der Waals surface area contributed by atoms with Crippen molar-refractivity contribution in [1.82, 2.24) is 0 Å². The Bertz CT molecular complexity index is 886. The van der Waals surface area contributed by atoms with Crippen LogP contribution >= 0.6 is 0 Å². The van der Waals surface area contributed by atoms with Crippen LogP contribution in [-0.4, -0.2) is 5.11 Å². The van der Waals surface area contributed by atoms with E-state index >= 15 is 0 Å². The van der Waals surface area contributed by atoms with Crippen molar-refractivity contribution in [2.24, 2.45) is 5.41 Å². The normalized spacial score (nSPS) is 13.2. The van der Waals surface area contributed by atoms with Crippen LogP contribution in [0.3, 0.4) is 0 Å². The monoisotopic (exact) mass is 308 g/mol. The van der Waals surface area contributed by atoms with Gasteiger partial charge in [0, 0.05) is 5.92 Å². The van der Waals surface area contributed by atoms with Gasteiger partial charge in [0.25, 0.3) is 0 Å².